The second kappa shape index (κ2) is 8.24. The van der Waals surface area contributed by atoms with E-state index < -0.39 is 16.8 Å². The van der Waals surface area contributed by atoms with E-state index in [1.54, 1.807) is 6.92 Å². The van der Waals surface area contributed by atoms with Crippen molar-refractivity contribution < 1.29 is 19.2 Å². The van der Waals surface area contributed by atoms with Crippen LogP contribution in [0.2, 0.25) is 0 Å². The SMILES string of the molecule is CCOC(=O)c1cc(C(=O)Nc2c(C)cccc2CC)cc([N+](=O)[O-])c1. The van der Waals surface area contributed by atoms with E-state index in [0.29, 0.717) is 5.69 Å². The van der Waals surface area contributed by atoms with E-state index in [2.05, 4.69) is 5.32 Å². The molecular formula is C19H20N2O5. The summed E-state index contributed by atoms with van der Waals surface area (Å²) >= 11 is 0. The van der Waals surface area contributed by atoms with Crippen molar-refractivity contribution in [2.45, 2.75) is 27.2 Å². The second-order valence-electron chi connectivity index (χ2n) is 5.66. The standard InChI is InChI=1S/C19H20N2O5/c1-4-13-8-6-7-12(3)17(13)20-18(22)14-9-15(19(23)26-5-2)11-16(10-14)21(24)25/h6-11H,4-5H2,1-3H3,(H,20,22). The van der Waals surface area contributed by atoms with Crippen molar-refractivity contribution in [3.8, 4) is 0 Å². The first-order chi connectivity index (χ1) is 12.4. The number of carbonyl (C=O) groups excluding carboxylic acids is 2. The first kappa shape index (κ1) is 19.1. The topological polar surface area (TPSA) is 98.5 Å². The number of nitro benzene ring substituents is 1. The fourth-order valence-corrected chi connectivity index (χ4v) is 2.57. The number of amides is 1. The van der Waals surface area contributed by atoms with Gasteiger partial charge < -0.3 is 10.1 Å². The number of esters is 1. The van der Waals surface area contributed by atoms with Gasteiger partial charge in [-0.2, -0.15) is 0 Å². The summed E-state index contributed by atoms with van der Waals surface area (Å²) in [5, 5.41) is 13.9. The van der Waals surface area contributed by atoms with Crippen LogP contribution in [-0.4, -0.2) is 23.4 Å². The van der Waals surface area contributed by atoms with Crippen LogP contribution in [-0.2, 0) is 11.2 Å². The smallest absolute Gasteiger partial charge is 0.338 e. The van der Waals surface area contributed by atoms with Crippen LogP contribution in [0.3, 0.4) is 0 Å². The number of ether oxygens (including phenoxy) is 1. The predicted molar refractivity (Wildman–Crippen MR) is 97.6 cm³/mol. The maximum Gasteiger partial charge on any atom is 0.338 e. The molecule has 2 aromatic rings. The number of nitrogens with zero attached hydrogens (tertiary/aromatic N) is 1. The van der Waals surface area contributed by atoms with E-state index in [-0.39, 0.29) is 23.4 Å². The Morgan fingerprint density at radius 3 is 2.46 bits per heavy atom. The van der Waals surface area contributed by atoms with E-state index in [9.17, 15) is 19.7 Å². The van der Waals surface area contributed by atoms with Gasteiger partial charge in [0.15, 0.2) is 0 Å². The van der Waals surface area contributed by atoms with Gasteiger partial charge in [-0.25, -0.2) is 4.79 Å². The molecule has 0 aliphatic heterocycles. The molecule has 0 aromatic heterocycles. The first-order valence-corrected chi connectivity index (χ1v) is 8.23. The molecule has 7 heteroatoms. The minimum absolute atomic E-state index is 0.0209. The highest BCUT2D eigenvalue weighted by molar-refractivity contribution is 6.07. The number of hydrogen-bond acceptors (Lipinski definition) is 5. The molecule has 0 radical (unpaired) electrons. The molecule has 0 aliphatic carbocycles. The van der Waals surface area contributed by atoms with Crippen LogP contribution in [0, 0.1) is 17.0 Å². The van der Waals surface area contributed by atoms with E-state index in [0.717, 1.165) is 29.7 Å². The van der Waals surface area contributed by atoms with E-state index >= 15 is 0 Å². The molecule has 0 saturated heterocycles. The third kappa shape index (κ3) is 4.24. The molecule has 136 valence electrons. The molecule has 0 heterocycles. The number of aryl methyl sites for hydroxylation is 2. The summed E-state index contributed by atoms with van der Waals surface area (Å²) in [7, 11) is 0. The summed E-state index contributed by atoms with van der Waals surface area (Å²) < 4.78 is 4.88. The number of para-hydroxylation sites is 1. The summed E-state index contributed by atoms with van der Waals surface area (Å²) in [6, 6.07) is 9.20. The van der Waals surface area contributed by atoms with Gasteiger partial charge in [0.1, 0.15) is 0 Å². The van der Waals surface area contributed by atoms with Gasteiger partial charge in [0, 0.05) is 23.4 Å². The average Bonchev–Trinajstić information content (AvgIpc) is 2.63. The number of carbonyl (C=O) groups is 2. The number of rotatable bonds is 6. The maximum absolute atomic E-state index is 12.7. The fourth-order valence-electron chi connectivity index (χ4n) is 2.57. The first-order valence-electron chi connectivity index (χ1n) is 8.23. The molecule has 0 atom stereocenters. The van der Waals surface area contributed by atoms with Crippen molar-refractivity contribution >= 4 is 23.3 Å². The van der Waals surface area contributed by atoms with Crippen molar-refractivity contribution in [1.29, 1.82) is 0 Å². The molecule has 2 rings (SSSR count). The lowest BCUT2D eigenvalue weighted by atomic mass is 10.0. The van der Waals surface area contributed by atoms with Crippen LogP contribution in [0.25, 0.3) is 0 Å². The summed E-state index contributed by atoms with van der Waals surface area (Å²) in [6.45, 7) is 5.60. The van der Waals surface area contributed by atoms with Crippen LogP contribution in [0.15, 0.2) is 36.4 Å². The average molecular weight is 356 g/mol. The van der Waals surface area contributed by atoms with E-state index in [1.807, 2.05) is 32.0 Å². The molecular weight excluding hydrogens is 336 g/mol. The summed E-state index contributed by atoms with van der Waals surface area (Å²) in [4.78, 5) is 35.1. The number of hydrogen-bond donors (Lipinski definition) is 1. The largest absolute Gasteiger partial charge is 0.462 e. The molecule has 2 aromatic carbocycles. The van der Waals surface area contributed by atoms with Crippen molar-refractivity contribution in [3.05, 3.63) is 68.8 Å². The van der Waals surface area contributed by atoms with Crippen molar-refractivity contribution in [2.24, 2.45) is 0 Å². The van der Waals surface area contributed by atoms with E-state index in [4.69, 9.17) is 4.74 Å². The number of nitro groups is 1. The maximum atomic E-state index is 12.7. The number of non-ortho nitro benzene ring substituents is 1. The van der Waals surface area contributed by atoms with Crippen LogP contribution < -0.4 is 5.32 Å². The highest BCUT2D eigenvalue weighted by atomic mass is 16.6. The number of anilines is 1. The zero-order valence-corrected chi connectivity index (χ0v) is 14.9. The summed E-state index contributed by atoms with van der Waals surface area (Å²) in [5.74, 6) is -1.24. The molecule has 26 heavy (non-hydrogen) atoms. The third-order valence-electron chi connectivity index (χ3n) is 3.88. The minimum Gasteiger partial charge on any atom is -0.462 e. The molecule has 0 unspecified atom stereocenters. The van der Waals surface area contributed by atoms with Crippen LogP contribution in [0.4, 0.5) is 11.4 Å². The van der Waals surface area contributed by atoms with Crippen LogP contribution in [0.5, 0.6) is 0 Å². The van der Waals surface area contributed by atoms with Crippen molar-refractivity contribution in [2.75, 3.05) is 11.9 Å². The molecule has 1 amide bonds. The molecule has 0 aliphatic rings. The zero-order valence-electron chi connectivity index (χ0n) is 14.9. The lowest BCUT2D eigenvalue weighted by Gasteiger charge is -2.13. The molecule has 0 spiro atoms. The molecule has 0 saturated carbocycles. The Labute approximate surface area is 151 Å². The predicted octanol–water partition coefficient (Wildman–Crippen LogP) is 3.89. The molecule has 7 nitrogen and oxygen atoms in total. The highest BCUT2D eigenvalue weighted by Crippen LogP contribution is 2.24. The van der Waals surface area contributed by atoms with Crippen LogP contribution in [0.1, 0.15) is 45.7 Å². The van der Waals surface area contributed by atoms with Gasteiger partial charge in [-0.15, -0.1) is 0 Å². The monoisotopic (exact) mass is 356 g/mol. The molecule has 0 bridgehead atoms. The van der Waals surface area contributed by atoms with Gasteiger partial charge in [0.05, 0.1) is 17.1 Å². The van der Waals surface area contributed by atoms with Gasteiger partial charge in [0.2, 0.25) is 0 Å². The Bertz CT molecular complexity index is 861. The van der Waals surface area contributed by atoms with Gasteiger partial charge in [-0.05, 0) is 37.5 Å². The minimum atomic E-state index is -0.713. The lowest BCUT2D eigenvalue weighted by molar-refractivity contribution is -0.384. The van der Waals surface area contributed by atoms with Crippen LogP contribution >= 0.6 is 0 Å². The Hall–Kier alpha value is -3.22. The quantitative estimate of drug-likeness (QED) is 0.481. The Morgan fingerprint density at radius 1 is 1.15 bits per heavy atom. The highest BCUT2D eigenvalue weighted by Gasteiger charge is 2.19. The normalized spacial score (nSPS) is 10.3. The van der Waals surface area contributed by atoms with Gasteiger partial charge >= 0.3 is 5.97 Å². The Morgan fingerprint density at radius 2 is 1.85 bits per heavy atom. The summed E-state index contributed by atoms with van der Waals surface area (Å²) in [6.07, 6.45) is 0.723. The fraction of sp³-hybridized carbons (Fsp3) is 0.263. The number of benzene rings is 2. The zero-order chi connectivity index (χ0) is 19.3. The Balaban J connectivity index is 2.42. The molecule has 1 N–H and O–H groups in total. The van der Waals surface area contributed by atoms with E-state index in [1.165, 1.54) is 6.07 Å². The van der Waals surface area contributed by atoms with Crippen molar-refractivity contribution in [3.63, 3.8) is 0 Å². The van der Waals surface area contributed by atoms with Gasteiger partial charge in [-0.3, -0.25) is 14.9 Å². The second-order valence-corrected chi connectivity index (χ2v) is 5.66. The lowest BCUT2D eigenvalue weighted by Crippen LogP contribution is -2.16. The molecule has 0 fully saturated rings. The third-order valence-corrected chi connectivity index (χ3v) is 3.88. The Kier molecular flexibility index (Phi) is 6.06. The summed E-state index contributed by atoms with van der Waals surface area (Å²) in [5.41, 5.74) is 2.15. The van der Waals surface area contributed by atoms with Crippen molar-refractivity contribution in [1.82, 2.24) is 0 Å². The van der Waals surface area contributed by atoms with Gasteiger partial charge in [-0.1, -0.05) is 25.1 Å². The number of nitrogens with one attached hydrogen (secondary N) is 1. The van der Waals surface area contributed by atoms with Gasteiger partial charge in [0.25, 0.3) is 11.6 Å².